The van der Waals surface area contributed by atoms with E-state index in [0.717, 1.165) is 37.2 Å². The Hall–Kier alpha value is -1.59. The van der Waals surface area contributed by atoms with Crippen molar-refractivity contribution >= 4 is 29.9 Å². The zero-order chi connectivity index (χ0) is 15.5. The van der Waals surface area contributed by atoms with E-state index in [9.17, 15) is 9.59 Å². The standard InChI is InChI=1S/C17H23N3O2.ClH/c18-10-12-7-8-20(11-12)16(21)6-5-14-9-13-3-1-2-4-15(13)19-17(14)22;/h1-4,12,14H,5-11,18H2,(H,19,22);1H. The maximum Gasteiger partial charge on any atom is 0.227 e. The number of para-hydroxylation sites is 1. The average Bonchev–Trinajstić information content (AvgIpc) is 3.01. The molecule has 0 aromatic heterocycles. The number of nitrogens with one attached hydrogen (secondary N) is 1. The second-order valence-corrected chi connectivity index (χ2v) is 6.32. The molecular formula is C17H24ClN3O2. The second kappa shape index (κ2) is 7.79. The minimum atomic E-state index is -0.105. The molecule has 0 aliphatic carbocycles. The maximum atomic E-state index is 12.3. The van der Waals surface area contributed by atoms with Gasteiger partial charge in [0.1, 0.15) is 0 Å². The van der Waals surface area contributed by atoms with E-state index in [1.807, 2.05) is 29.2 Å². The molecule has 126 valence electrons. The zero-order valence-corrected chi connectivity index (χ0v) is 14.0. The van der Waals surface area contributed by atoms with Gasteiger partial charge >= 0.3 is 0 Å². The summed E-state index contributed by atoms with van der Waals surface area (Å²) in [4.78, 5) is 26.3. The summed E-state index contributed by atoms with van der Waals surface area (Å²) in [5.74, 6) is 0.524. The Bertz CT molecular complexity index is 579. The van der Waals surface area contributed by atoms with E-state index in [4.69, 9.17) is 5.73 Å². The Morgan fingerprint density at radius 3 is 2.87 bits per heavy atom. The van der Waals surface area contributed by atoms with Crippen LogP contribution in [0.25, 0.3) is 0 Å². The van der Waals surface area contributed by atoms with E-state index in [1.165, 1.54) is 0 Å². The molecule has 0 spiro atoms. The van der Waals surface area contributed by atoms with Crippen LogP contribution in [0.15, 0.2) is 24.3 Å². The molecule has 2 amide bonds. The molecule has 2 aliphatic heterocycles. The Labute approximate surface area is 143 Å². The third kappa shape index (κ3) is 4.03. The average molecular weight is 338 g/mol. The monoisotopic (exact) mass is 337 g/mol. The largest absolute Gasteiger partial charge is 0.342 e. The van der Waals surface area contributed by atoms with Crippen LogP contribution in [0.1, 0.15) is 24.8 Å². The van der Waals surface area contributed by atoms with Crippen LogP contribution in [0, 0.1) is 11.8 Å². The van der Waals surface area contributed by atoms with Gasteiger partial charge in [-0.25, -0.2) is 0 Å². The first-order valence-corrected chi connectivity index (χ1v) is 8.04. The molecule has 1 aromatic rings. The van der Waals surface area contributed by atoms with Crippen LogP contribution in [0.4, 0.5) is 5.69 Å². The molecule has 6 heteroatoms. The third-order valence-corrected chi connectivity index (χ3v) is 4.79. The molecule has 0 radical (unpaired) electrons. The lowest BCUT2D eigenvalue weighted by Crippen LogP contribution is -2.33. The molecule has 2 heterocycles. The van der Waals surface area contributed by atoms with E-state index in [-0.39, 0.29) is 30.1 Å². The summed E-state index contributed by atoms with van der Waals surface area (Å²) >= 11 is 0. The van der Waals surface area contributed by atoms with Crippen LogP contribution in [0.3, 0.4) is 0 Å². The fraction of sp³-hybridized carbons (Fsp3) is 0.529. The first-order valence-electron chi connectivity index (χ1n) is 8.04. The van der Waals surface area contributed by atoms with Gasteiger partial charge in [0, 0.05) is 31.1 Å². The van der Waals surface area contributed by atoms with E-state index >= 15 is 0 Å². The lowest BCUT2D eigenvalue weighted by Gasteiger charge is -2.25. The van der Waals surface area contributed by atoms with E-state index in [1.54, 1.807) is 0 Å². The normalized spacial score (nSPS) is 23.0. The molecule has 3 rings (SSSR count). The number of carbonyl (C=O) groups excluding carboxylic acids is 2. The van der Waals surface area contributed by atoms with E-state index in [2.05, 4.69) is 5.32 Å². The number of fused-ring (bicyclic) bond motifs is 1. The van der Waals surface area contributed by atoms with Crippen molar-refractivity contribution in [3.05, 3.63) is 29.8 Å². The number of halogens is 1. The molecule has 23 heavy (non-hydrogen) atoms. The summed E-state index contributed by atoms with van der Waals surface area (Å²) in [5.41, 5.74) is 7.72. The summed E-state index contributed by atoms with van der Waals surface area (Å²) < 4.78 is 0. The van der Waals surface area contributed by atoms with E-state index in [0.29, 0.717) is 25.3 Å². The summed E-state index contributed by atoms with van der Waals surface area (Å²) in [6, 6.07) is 7.86. The minimum Gasteiger partial charge on any atom is -0.342 e. The summed E-state index contributed by atoms with van der Waals surface area (Å²) in [6.45, 7) is 2.22. The van der Waals surface area contributed by atoms with Gasteiger partial charge in [0.05, 0.1) is 0 Å². The van der Waals surface area contributed by atoms with Gasteiger partial charge in [-0.2, -0.15) is 0 Å². The molecule has 0 bridgehead atoms. The number of hydrogen-bond donors (Lipinski definition) is 2. The Morgan fingerprint density at radius 2 is 2.13 bits per heavy atom. The van der Waals surface area contributed by atoms with Crippen molar-refractivity contribution in [3.8, 4) is 0 Å². The summed E-state index contributed by atoms with van der Waals surface area (Å²) in [5, 5.41) is 2.94. The van der Waals surface area contributed by atoms with Crippen molar-refractivity contribution in [3.63, 3.8) is 0 Å². The van der Waals surface area contributed by atoms with Crippen LogP contribution in [-0.2, 0) is 16.0 Å². The Morgan fingerprint density at radius 1 is 1.35 bits per heavy atom. The van der Waals surface area contributed by atoms with Crippen LogP contribution in [0.5, 0.6) is 0 Å². The molecular weight excluding hydrogens is 314 g/mol. The number of benzene rings is 1. The first-order chi connectivity index (χ1) is 10.7. The van der Waals surface area contributed by atoms with Gasteiger partial charge in [0.15, 0.2) is 0 Å². The highest BCUT2D eigenvalue weighted by Gasteiger charge is 2.29. The Balaban J connectivity index is 0.00000192. The number of anilines is 1. The predicted octanol–water partition coefficient (Wildman–Crippen LogP) is 1.81. The fourth-order valence-electron chi connectivity index (χ4n) is 3.35. The second-order valence-electron chi connectivity index (χ2n) is 6.32. The van der Waals surface area contributed by atoms with Crippen molar-refractivity contribution in [2.24, 2.45) is 17.6 Å². The van der Waals surface area contributed by atoms with Crippen molar-refractivity contribution in [1.29, 1.82) is 0 Å². The maximum absolute atomic E-state index is 12.3. The molecule has 2 atom stereocenters. The molecule has 5 nitrogen and oxygen atoms in total. The van der Waals surface area contributed by atoms with Crippen LogP contribution < -0.4 is 11.1 Å². The predicted molar refractivity (Wildman–Crippen MR) is 92.5 cm³/mol. The lowest BCUT2D eigenvalue weighted by atomic mass is 9.89. The van der Waals surface area contributed by atoms with Crippen LogP contribution in [0.2, 0.25) is 0 Å². The van der Waals surface area contributed by atoms with Gasteiger partial charge in [-0.05, 0) is 43.4 Å². The highest BCUT2D eigenvalue weighted by Crippen LogP contribution is 2.28. The lowest BCUT2D eigenvalue weighted by molar-refractivity contribution is -0.130. The van der Waals surface area contributed by atoms with Gasteiger partial charge in [-0.3, -0.25) is 9.59 Å². The minimum absolute atomic E-state index is 0. The highest BCUT2D eigenvalue weighted by atomic mass is 35.5. The van der Waals surface area contributed by atoms with Gasteiger partial charge in [-0.15, -0.1) is 12.4 Å². The molecule has 1 saturated heterocycles. The number of carbonyl (C=O) groups is 2. The topological polar surface area (TPSA) is 75.4 Å². The summed E-state index contributed by atoms with van der Waals surface area (Å²) in [6.07, 6.45) is 2.78. The molecule has 1 aromatic carbocycles. The van der Waals surface area contributed by atoms with Crippen molar-refractivity contribution in [1.82, 2.24) is 4.90 Å². The smallest absolute Gasteiger partial charge is 0.227 e. The van der Waals surface area contributed by atoms with Gasteiger partial charge in [0.2, 0.25) is 11.8 Å². The molecule has 0 saturated carbocycles. The molecule has 2 unspecified atom stereocenters. The molecule has 3 N–H and O–H groups in total. The number of hydrogen-bond acceptors (Lipinski definition) is 3. The Kier molecular flexibility index (Phi) is 6.02. The molecule has 1 fully saturated rings. The number of nitrogens with zero attached hydrogens (tertiary/aromatic N) is 1. The van der Waals surface area contributed by atoms with Crippen molar-refractivity contribution < 1.29 is 9.59 Å². The number of amides is 2. The summed E-state index contributed by atoms with van der Waals surface area (Å²) in [7, 11) is 0. The van der Waals surface area contributed by atoms with Crippen LogP contribution >= 0.6 is 12.4 Å². The number of nitrogens with two attached hydrogens (primary N) is 1. The van der Waals surface area contributed by atoms with E-state index < -0.39 is 0 Å². The highest BCUT2D eigenvalue weighted by molar-refractivity contribution is 5.96. The quantitative estimate of drug-likeness (QED) is 0.879. The fourth-order valence-corrected chi connectivity index (χ4v) is 3.35. The van der Waals surface area contributed by atoms with Crippen molar-refractivity contribution in [2.75, 3.05) is 25.0 Å². The molecule has 2 aliphatic rings. The first kappa shape index (κ1) is 17.8. The van der Waals surface area contributed by atoms with Gasteiger partial charge in [0.25, 0.3) is 0 Å². The SMILES string of the molecule is Cl.NCC1CCN(C(=O)CCC2Cc3ccccc3NC2=O)C1. The van der Waals surface area contributed by atoms with Crippen molar-refractivity contribution in [2.45, 2.75) is 25.7 Å². The number of rotatable bonds is 4. The van der Waals surface area contributed by atoms with Gasteiger partial charge in [-0.1, -0.05) is 18.2 Å². The third-order valence-electron chi connectivity index (χ3n) is 4.79. The zero-order valence-electron chi connectivity index (χ0n) is 13.2. The van der Waals surface area contributed by atoms with Gasteiger partial charge < -0.3 is 16.0 Å². The number of likely N-dealkylation sites (tertiary alicyclic amines) is 1. The van der Waals surface area contributed by atoms with Crippen LogP contribution in [-0.4, -0.2) is 36.3 Å².